The summed E-state index contributed by atoms with van der Waals surface area (Å²) in [4.78, 5) is 18.4. The zero-order valence-electron chi connectivity index (χ0n) is 12.0. The number of rotatable bonds is 4. The lowest BCUT2D eigenvalue weighted by Crippen LogP contribution is -2.39. The zero-order chi connectivity index (χ0) is 14.5. The molecule has 0 bridgehead atoms. The van der Waals surface area contributed by atoms with Crippen LogP contribution < -0.4 is 0 Å². The van der Waals surface area contributed by atoms with Gasteiger partial charge in [-0.25, -0.2) is 0 Å². The largest absolute Gasteiger partial charge is 0.342 e. The first-order valence-electron chi connectivity index (χ1n) is 7.49. The van der Waals surface area contributed by atoms with Gasteiger partial charge in [-0.15, -0.1) is 0 Å². The van der Waals surface area contributed by atoms with E-state index in [1.54, 1.807) is 18.6 Å². The maximum absolute atomic E-state index is 12.4. The topological polar surface area (TPSA) is 61.9 Å². The van der Waals surface area contributed by atoms with E-state index in [0.717, 1.165) is 38.0 Å². The summed E-state index contributed by atoms with van der Waals surface area (Å²) in [5, 5.41) is 7.04. The highest BCUT2D eigenvalue weighted by Crippen LogP contribution is 2.25. The minimum absolute atomic E-state index is 0.246. The van der Waals surface area contributed by atoms with Crippen LogP contribution in [-0.2, 0) is 11.2 Å². The van der Waals surface area contributed by atoms with Crippen molar-refractivity contribution in [1.82, 2.24) is 20.1 Å². The van der Waals surface area contributed by atoms with Crippen LogP contribution in [0.3, 0.4) is 0 Å². The van der Waals surface area contributed by atoms with Crippen LogP contribution in [0.25, 0.3) is 0 Å². The minimum atomic E-state index is 0.246. The molecule has 0 aliphatic carbocycles. The van der Waals surface area contributed by atoms with Crippen molar-refractivity contribution in [2.24, 2.45) is 0 Å². The van der Waals surface area contributed by atoms with Crippen LogP contribution in [0.4, 0.5) is 0 Å². The van der Waals surface area contributed by atoms with Crippen LogP contribution in [0.2, 0.25) is 0 Å². The van der Waals surface area contributed by atoms with Crippen molar-refractivity contribution in [3.8, 4) is 0 Å². The van der Waals surface area contributed by atoms with Crippen LogP contribution in [-0.4, -0.2) is 39.1 Å². The third kappa shape index (κ3) is 3.48. The van der Waals surface area contributed by atoms with E-state index in [9.17, 15) is 4.79 Å². The molecule has 5 nitrogen and oxygen atoms in total. The Morgan fingerprint density at radius 3 is 2.90 bits per heavy atom. The number of likely N-dealkylation sites (tertiary alicyclic amines) is 1. The van der Waals surface area contributed by atoms with Crippen molar-refractivity contribution in [2.45, 2.75) is 31.6 Å². The van der Waals surface area contributed by atoms with Gasteiger partial charge in [0.2, 0.25) is 5.91 Å². The molecule has 21 heavy (non-hydrogen) atoms. The Morgan fingerprint density at radius 1 is 1.29 bits per heavy atom. The molecule has 110 valence electrons. The normalized spacial score (nSPS) is 18.7. The van der Waals surface area contributed by atoms with Crippen molar-refractivity contribution >= 4 is 5.91 Å². The lowest BCUT2D eigenvalue weighted by atomic mass is 9.94. The fourth-order valence-electron chi connectivity index (χ4n) is 2.91. The molecule has 1 aliphatic heterocycles. The van der Waals surface area contributed by atoms with Gasteiger partial charge in [0.25, 0.3) is 0 Å². The number of H-pyrrole nitrogens is 1. The summed E-state index contributed by atoms with van der Waals surface area (Å²) < 4.78 is 0. The van der Waals surface area contributed by atoms with E-state index in [-0.39, 0.29) is 5.91 Å². The Balaban J connectivity index is 1.55. The highest BCUT2D eigenvalue weighted by atomic mass is 16.2. The van der Waals surface area contributed by atoms with Gasteiger partial charge in [-0.3, -0.25) is 14.9 Å². The standard InChI is InChI=1S/C16H20N4O/c21-16(4-3-13-5-8-17-9-6-13)20-11-1-2-14(12-20)15-7-10-18-19-15/h5-10,14H,1-4,11-12H2,(H,18,19)/t14-/m0/s1. The molecule has 2 aromatic rings. The molecule has 2 aromatic heterocycles. The number of pyridine rings is 1. The quantitative estimate of drug-likeness (QED) is 0.935. The first kappa shape index (κ1) is 13.8. The Morgan fingerprint density at radius 2 is 2.14 bits per heavy atom. The van der Waals surface area contributed by atoms with Gasteiger partial charge in [-0.2, -0.15) is 5.10 Å². The Kier molecular flexibility index (Phi) is 4.28. The molecule has 1 fully saturated rings. The molecule has 5 heteroatoms. The summed E-state index contributed by atoms with van der Waals surface area (Å²) in [6, 6.07) is 5.95. The molecule has 3 heterocycles. The predicted octanol–water partition coefficient (Wildman–Crippen LogP) is 2.14. The number of aromatic nitrogens is 3. The molecular weight excluding hydrogens is 264 g/mol. The van der Waals surface area contributed by atoms with Crippen LogP contribution >= 0.6 is 0 Å². The van der Waals surface area contributed by atoms with E-state index in [4.69, 9.17) is 0 Å². The lowest BCUT2D eigenvalue weighted by Gasteiger charge is -2.32. The van der Waals surface area contributed by atoms with Crippen molar-refractivity contribution in [2.75, 3.05) is 13.1 Å². The maximum Gasteiger partial charge on any atom is 0.222 e. The zero-order valence-corrected chi connectivity index (χ0v) is 12.0. The summed E-state index contributed by atoms with van der Waals surface area (Å²) in [7, 11) is 0. The minimum Gasteiger partial charge on any atom is -0.342 e. The second-order valence-corrected chi connectivity index (χ2v) is 5.55. The molecule has 0 unspecified atom stereocenters. The number of nitrogens with zero attached hydrogens (tertiary/aromatic N) is 3. The molecule has 1 saturated heterocycles. The number of piperidine rings is 1. The van der Waals surface area contributed by atoms with Gasteiger partial charge in [0, 0.05) is 49.7 Å². The average Bonchev–Trinajstić information content (AvgIpc) is 3.08. The molecule has 1 N–H and O–H groups in total. The summed E-state index contributed by atoms with van der Waals surface area (Å²) in [6.45, 7) is 1.68. The van der Waals surface area contributed by atoms with E-state index in [1.807, 2.05) is 23.1 Å². The second kappa shape index (κ2) is 6.52. The van der Waals surface area contributed by atoms with Crippen LogP contribution in [0.5, 0.6) is 0 Å². The number of aromatic amines is 1. The van der Waals surface area contributed by atoms with Crippen molar-refractivity contribution in [1.29, 1.82) is 0 Å². The number of aryl methyl sites for hydroxylation is 1. The molecule has 3 rings (SSSR count). The van der Waals surface area contributed by atoms with E-state index in [0.29, 0.717) is 12.3 Å². The predicted molar refractivity (Wildman–Crippen MR) is 79.7 cm³/mol. The molecule has 0 saturated carbocycles. The van der Waals surface area contributed by atoms with Gasteiger partial charge >= 0.3 is 0 Å². The maximum atomic E-state index is 12.4. The number of amides is 1. The number of carbonyl (C=O) groups excluding carboxylic acids is 1. The summed E-state index contributed by atoms with van der Waals surface area (Å²) >= 11 is 0. The summed E-state index contributed by atoms with van der Waals surface area (Å²) in [6.07, 6.45) is 8.86. The molecule has 1 aliphatic rings. The van der Waals surface area contributed by atoms with Crippen molar-refractivity contribution in [3.05, 3.63) is 48.0 Å². The van der Waals surface area contributed by atoms with Crippen LogP contribution in [0, 0.1) is 0 Å². The van der Waals surface area contributed by atoms with Gasteiger partial charge in [0.05, 0.1) is 0 Å². The molecule has 0 radical (unpaired) electrons. The first-order chi connectivity index (χ1) is 10.3. The van der Waals surface area contributed by atoms with Gasteiger partial charge in [0.15, 0.2) is 0 Å². The van der Waals surface area contributed by atoms with Crippen LogP contribution in [0.1, 0.15) is 36.4 Å². The summed E-state index contributed by atoms with van der Waals surface area (Å²) in [5.74, 6) is 0.641. The third-order valence-corrected chi connectivity index (χ3v) is 4.11. The second-order valence-electron chi connectivity index (χ2n) is 5.55. The average molecular weight is 284 g/mol. The van der Waals surface area contributed by atoms with E-state index in [1.165, 1.54) is 5.56 Å². The number of nitrogens with one attached hydrogen (secondary N) is 1. The monoisotopic (exact) mass is 284 g/mol. The highest BCUT2D eigenvalue weighted by molar-refractivity contribution is 5.76. The summed E-state index contributed by atoms with van der Waals surface area (Å²) in [5.41, 5.74) is 2.31. The molecule has 1 atom stereocenters. The Labute approximate surface area is 124 Å². The van der Waals surface area contributed by atoms with E-state index in [2.05, 4.69) is 15.2 Å². The molecule has 0 aromatic carbocycles. The number of carbonyl (C=O) groups is 1. The van der Waals surface area contributed by atoms with Crippen molar-refractivity contribution in [3.63, 3.8) is 0 Å². The fourth-order valence-corrected chi connectivity index (χ4v) is 2.91. The number of hydrogen-bond donors (Lipinski definition) is 1. The lowest BCUT2D eigenvalue weighted by molar-refractivity contribution is -0.132. The van der Waals surface area contributed by atoms with Gasteiger partial charge in [-0.05, 0) is 43.0 Å². The fraction of sp³-hybridized carbons (Fsp3) is 0.438. The van der Waals surface area contributed by atoms with E-state index >= 15 is 0 Å². The van der Waals surface area contributed by atoms with Crippen LogP contribution in [0.15, 0.2) is 36.8 Å². The third-order valence-electron chi connectivity index (χ3n) is 4.11. The highest BCUT2D eigenvalue weighted by Gasteiger charge is 2.25. The van der Waals surface area contributed by atoms with Gasteiger partial charge in [0.1, 0.15) is 0 Å². The molecular formula is C16H20N4O. The van der Waals surface area contributed by atoms with Crippen molar-refractivity contribution < 1.29 is 4.79 Å². The van der Waals surface area contributed by atoms with E-state index < -0.39 is 0 Å². The molecule has 0 spiro atoms. The number of hydrogen-bond acceptors (Lipinski definition) is 3. The molecule has 1 amide bonds. The van der Waals surface area contributed by atoms with Gasteiger partial charge in [-0.1, -0.05) is 0 Å². The Bertz CT molecular complexity index is 567. The Hall–Kier alpha value is -2.17. The van der Waals surface area contributed by atoms with Gasteiger partial charge < -0.3 is 4.90 Å². The smallest absolute Gasteiger partial charge is 0.222 e. The SMILES string of the molecule is O=C(CCc1ccncc1)N1CCC[C@H](c2ccn[nH]2)C1. The first-order valence-corrected chi connectivity index (χ1v) is 7.49.